The molecule has 0 aliphatic heterocycles. The van der Waals surface area contributed by atoms with Gasteiger partial charge in [-0.3, -0.25) is 10.1 Å². The molecular weight excluding hydrogens is 346 g/mol. The maximum atomic E-state index is 11.7. The summed E-state index contributed by atoms with van der Waals surface area (Å²) in [5.74, 6) is 0.341. The number of halogens is 1. The fourth-order valence-electron chi connectivity index (χ4n) is 1.32. The van der Waals surface area contributed by atoms with E-state index >= 15 is 0 Å². The number of carbonyl (C=O) groups excluding carboxylic acids is 1. The van der Waals surface area contributed by atoms with Gasteiger partial charge in [-0.1, -0.05) is 27.3 Å². The summed E-state index contributed by atoms with van der Waals surface area (Å²) in [5.41, 5.74) is 0. The molecule has 1 amide bonds. The van der Waals surface area contributed by atoms with Gasteiger partial charge < -0.3 is 9.47 Å². The van der Waals surface area contributed by atoms with Crippen LogP contribution in [0.2, 0.25) is 0 Å². The van der Waals surface area contributed by atoms with Gasteiger partial charge in [0.15, 0.2) is 6.61 Å². The lowest BCUT2D eigenvalue weighted by Crippen LogP contribution is -2.20. The third-order valence-corrected chi connectivity index (χ3v) is 3.51. The number of amides is 1. The lowest BCUT2D eigenvalue weighted by molar-refractivity contribution is -0.118. The Hall–Kier alpha value is -1.51. The van der Waals surface area contributed by atoms with Crippen molar-refractivity contribution in [2.24, 2.45) is 0 Å². The molecule has 0 saturated carbocycles. The van der Waals surface area contributed by atoms with Crippen molar-refractivity contribution in [3.05, 3.63) is 33.7 Å². The number of nitrogens with zero attached hydrogens (tertiary/aromatic N) is 2. The number of hydrogen-bond donors (Lipinski definition) is 1. The zero-order chi connectivity index (χ0) is 14.4. The molecule has 1 aromatic carbocycles. The second kappa shape index (κ2) is 7.32. The van der Waals surface area contributed by atoms with E-state index in [1.807, 2.05) is 12.1 Å². The number of methoxy groups -OCH3 is 1. The summed E-state index contributed by atoms with van der Waals surface area (Å²) in [4.78, 5) is 11.7. The van der Waals surface area contributed by atoms with Gasteiger partial charge in [0.1, 0.15) is 17.4 Å². The number of anilines is 1. The van der Waals surface area contributed by atoms with Crippen molar-refractivity contribution in [3.8, 4) is 5.75 Å². The Morgan fingerprint density at radius 1 is 1.35 bits per heavy atom. The van der Waals surface area contributed by atoms with E-state index in [2.05, 4.69) is 31.4 Å². The van der Waals surface area contributed by atoms with Gasteiger partial charge in [-0.05, 0) is 24.3 Å². The Kier molecular flexibility index (Phi) is 5.45. The molecule has 2 aromatic rings. The number of hydrogen-bond acceptors (Lipinski definition) is 6. The summed E-state index contributed by atoms with van der Waals surface area (Å²) in [6.45, 7) is 0.295. The predicted molar refractivity (Wildman–Crippen MR) is 78.9 cm³/mol. The van der Waals surface area contributed by atoms with Crippen molar-refractivity contribution in [2.75, 3.05) is 19.0 Å². The fraction of sp³-hybridized carbons (Fsp3) is 0.250. The van der Waals surface area contributed by atoms with Crippen LogP contribution in [0, 0.1) is 0 Å². The fourth-order valence-corrected chi connectivity index (χ4v) is 2.31. The number of carbonyl (C=O) groups is 1. The van der Waals surface area contributed by atoms with E-state index in [9.17, 15) is 4.79 Å². The normalized spacial score (nSPS) is 10.3. The topological polar surface area (TPSA) is 73.3 Å². The molecule has 0 saturated heterocycles. The largest absolute Gasteiger partial charge is 0.484 e. The van der Waals surface area contributed by atoms with Crippen LogP contribution in [0.4, 0.5) is 5.13 Å². The Balaban J connectivity index is 1.81. The van der Waals surface area contributed by atoms with E-state index in [0.717, 1.165) is 4.47 Å². The highest BCUT2D eigenvalue weighted by molar-refractivity contribution is 9.10. The molecule has 20 heavy (non-hydrogen) atoms. The highest BCUT2D eigenvalue weighted by Crippen LogP contribution is 2.17. The maximum absolute atomic E-state index is 11.7. The second-order valence-corrected chi connectivity index (χ2v) is 5.70. The van der Waals surface area contributed by atoms with Gasteiger partial charge in [-0.25, -0.2) is 0 Å². The Morgan fingerprint density at radius 3 is 2.80 bits per heavy atom. The molecule has 0 atom stereocenters. The second-order valence-electron chi connectivity index (χ2n) is 3.72. The lowest BCUT2D eigenvalue weighted by atomic mass is 10.3. The lowest BCUT2D eigenvalue weighted by Gasteiger charge is -2.05. The summed E-state index contributed by atoms with van der Waals surface area (Å²) in [6, 6.07) is 7.24. The first-order chi connectivity index (χ1) is 9.67. The maximum Gasteiger partial charge on any atom is 0.264 e. The predicted octanol–water partition coefficient (Wildman–Crippen LogP) is 2.46. The molecule has 0 aliphatic carbocycles. The van der Waals surface area contributed by atoms with Crippen LogP contribution < -0.4 is 10.1 Å². The SMILES string of the molecule is COCc1nnc(NC(=O)COc2ccc(Br)cc2)s1. The summed E-state index contributed by atoms with van der Waals surface area (Å²) >= 11 is 4.59. The molecule has 0 bridgehead atoms. The molecule has 8 heteroatoms. The molecule has 0 aliphatic rings. The van der Waals surface area contributed by atoms with E-state index in [1.54, 1.807) is 19.2 Å². The molecule has 1 N–H and O–H groups in total. The molecular formula is C12H12BrN3O3S. The number of nitrogens with one attached hydrogen (secondary N) is 1. The Labute approximate surface area is 128 Å². The third kappa shape index (κ3) is 4.55. The number of benzene rings is 1. The van der Waals surface area contributed by atoms with E-state index < -0.39 is 0 Å². The van der Waals surface area contributed by atoms with Crippen LogP contribution in [-0.4, -0.2) is 29.8 Å². The van der Waals surface area contributed by atoms with Gasteiger partial charge in [0, 0.05) is 11.6 Å². The van der Waals surface area contributed by atoms with Crippen molar-refractivity contribution in [1.82, 2.24) is 10.2 Å². The van der Waals surface area contributed by atoms with Crippen LogP contribution in [0.5, 0.6) is 5.75 Å². The molecule has 0 unspecified atom stereocenters. The van der Waals surface area contributed by atoms with Crippen LogP contribution >= 0.6 is 27.3 Å². The smallest absolute Gasteiger partial charge is 0.264 e. The molecule has 1 heterocycles. The van der Waals surface area contributed by atoms with E-state index in [1.165, 1.54) is 11.3 Å². The zero-order valence-corrected chi connectivity index (χ0v) is 13.0. The van der Waals surface area contributed by atoms with Crippen LogP contribution in [-0.2, 0) is 16.1 Å². The monoisotopic (exact) mass is 357 g/mol. The first kappa shape index (κ1) is 14.9. The van der Waals surface area contributed by atoms with Crippen molar-refractivity contribution in [3.63, 3.8) is 0 Å². The Morgan fingerprint density at radius 2 is 2.10 bits per heavy atom. The number of rotatable bonds is 6. The van der Waals surface area contributed by atoms with Gasteiger partial charge in [0.25, 0.3) is 5.91 Å². The minimum Gasteiger partial charge on any atom is -0.484 e. The van der Waals surface area contributed by atoms with Crippen molar-refractivity contribution >= 4 is 38.3 Å². The molecule has 106 valence electrons. The molecule has 0 spiro atoms. The van der Waals surface area contributed by atoms with Crippen LogP contribution in [0.3, 0.4) is 0 Å². The quantitative estimate of drug-likeness (QED) is 0.859. The average Bonchev–Trinajstić information content (AvgIpc) is 2.86. The van der Waals surface area contributed by atoms with Crippen LogP contribution in [0.25, 0.3) is 0 Å². The van der Waals surface area contributed by atoms with E-state index in [4.69, 9.17) is 9.47 Å². The van der Waals surface area contributed by atoms with Crippen molar-refractivity contribution in [2.45, 2.75) is 6.61 Å². The van der Waals surface area contributed by atoms with Crippen LogP contribution in [0.15, 0.2) is 28.7 Å². The third-order valence-electron chi connectivity index (χ3n) is 2.16. The summed E-state index contributed by atoms with van der Waals surface area (Å²) < 4.78 is 11.2. The molecule has 2 rings (SSSR count). The van der Waals surface area contributed by atoms with Gasteiger partial charge in [-0.15, -0.1) is 10.2 Å². The summed E-state index contributed by atoms with van der Waals surface area (Å²) in [5, 5.41) is 11.5. The van der Waals surface area contributed by atoms with Gasteiger partial charge in [-0.2, -0.15) is 0 Å². The molecule has 0 fully saturated rings. The first-order valence-electron chi connectivity index (χ1n) is 5.67. The Bertz CT molecular complexity index is 574. The molecule has 1 aromatic heterocycles. The zero-order valence-electron chi connectivity index (χ0n) is 10.6. The van der Waals surface area contributed by atoms with E-state index in [-0.39, 0.29) is 12.5 Å². The summed E-state index contributed by atoms with van der Waals surface area (Å²) in [6.07, 6.45) is 0. The van der Waals surface area contributed by atoms with E-state index in [0.29, 0.717) is 22.5 Å². The van der Waals surface area contributed by atoms with Gasteiger partial charge in [0.05, 0.1) is 0 Å². The van der Waals surface area contributed by atoms with Gasteiger partial charge >= 0.3 is 0 Å². The molecule has 6 nitrogen and oxygen atoms in total. The first-order valence-corrected chi connectivity index (χ1v) is 7.28. The number of aromatic nitrogens is 2. The highest BCUT2D eigenvalue weighted by Gasteiger charge is 2.08. The average molecular weight is 358 g/mol. The highest BCUT2D eigenvalue weighted by atomic mass is 79.9. The standard InChI is InChI=1S/C12H12BrN3O3S/c1-18-7-11-15-16-12(20-11)14-10(17)6-19-9-4-2-8(13)3-5-9/h2-5H,6-7H2,1H3,(H,14,16,17). The minimum absolute atomic E-state index is 0.0825. The van der Waals surface area contributed by atoms with Crippen molar-refractivity contribution < 1.29 is 14.3 Å². The van der Waals surface area contributed by atoms with Gasteiger partial charge in [0.2, 0.25) is 5.13 Å². The summed E-state index contributed by atoms with van der Waals surface area (Å²) in [7, 11) is 1.58. The number of ether oxygens (including phenoxy) is 2. The van der Waals surface area contributed by atoms with Crippen molar-refractivity contribution in [1.29, 1.82) is 0 Å². The molecule has 0 radical (unpaired) electrons. The van der Waals surface area contributed by atoms with Crippen LogP contribution in [0.1, 0.15) is 5.01 Å². The minimum atomic E-state index is -0.284.